The largest absolute Gasteiger partial charge is 0.476 e. The van der Waals surface area contributed by atoms with Crippen molar-refractivity contribution in [2.45, 2.75) is 33.2 Å². The van der Waals surface area contributed by atoms with Gasteiger partial charge in [-0.25, -0.2) is 4.98 Å². The van der Waals surface area contributed by atoms with E-state index in [9.17, 15) is 0 Å². The predicted molar refractivity (Wildman–Crippen MR) is 107 cm³/mol. The number of hydrogen-bond acceptors (Lipinski definition) is 6. The summed E-state index contributed by atoms with van der Waals surface area (Å²) < 4.78 is 9.01. The number of nitrogens with one attached hydrogen (secondary N) is 1. The van der Waals surface area contributed by atoms with Gasteiger partial charge in [0.25, 0.3) is 0 Å². The van der Waals surface area contributed by atoms with Gasteiger partial charge in [-0.3, -0.25) is 0 Å². The molecule has 3 aromatic heterocycles. The zero-order valence-electron chi connectivity index (χ0n) is 14.9. The molecule has 0 aliphatic carbocycles. The number of aromatic nitrogens is 4. The number of hydrogen-bond donors (Lipinski definition) is 1. The van der Waals surface area contributed by atoms with E-state index in [0.717, 1.165) is 30.7 Å². The highest BCUT2D eigenvalue weighted by Crippen LogP contribution is 2.28. The summed E-state index contributed by atoms with van der Waals surface area (Å²) in [7, 11) is 0. The standard InChI is InChI=1S/C19H21N5OS/c1-3-5-9-24-12-20-16-17(24)22-19(23-18(16)25-4-2)21-14-7-6-13-8-10-26-15(13)11-14/h6-8,10-12H,3-5,9H2,1-2H3,(H,21,22,23). The maximum Gasteiger partial charge on any atom is 0.247 e. The smallest absolute Gasteiger partial charge is 0.247 e. The van der Waals surface area contributed by atoms with Gasteiger partial charge in [0, 0.05) is 16.9 Å². The number of rotatable bonds is 7. The van der Waals surface area contributed by atoms with Crippen LogP contribution in [0.25, 0.3) is 21.3 Å². The Hall–Kier alpha value is -2.67. The molecule has 0 amide bonds. The van der Waals surface area contributed by atoms with Crippen LogP contribution in [0.15, 0.2) is 36.0 Å². The molecule has 0 spiro atoms. The SMILES string of the molecule is CCCCn1cnc2c(OCC)nc(Nc3ccc4ccsc4c3)nc21. The van der Waals surface area contributed by atoms with Crippen molar-refractivity contribution in [2.24, 2.45) is 0 Å². The zero-order chi connectivity index (χ0) is 17.9. The Morgan fingerprint density at radius 2 is 2.12 bits per heavy atom. The van der Waals surface area contributed by atoms with E-state index >= 15 is 0 Å². The Labute approximate surface area is 155 Å². The fourth-order valence-corrected chi connectivity index (χ4v) is 3.69. The normalized spacial score (nSPS) is 11.3. The van der Waals surface area contributed by atoms with E-state index in [4.69, 9.17) is 9.72 Å². The Morgan fingerprint density at radius 3 is 2.96 bits per heavy atom. The lowest BCUT2D eigenvalue weighted by Gasteiger charge is -2.09. The number of nitrogens with zero attached hydrogens (tertiary/aromatic N) is 4. The number of anilines is 2. The summed E-state index contributed by atoms with van der Waals surface area (Å²) >= 11 is 1.72. The van der Waals surface area contributed by atoms with Gasteiger partial charge in [-0.2, -0.15) is 9.97 Å². The third-order valence-corrected chi connectivity index (χ3v) is 5.06. The number of aryl methyl sites for hydroxylation is 1. The first-order valence-corrected chi connectivity index (χ1v) is 9.76. The van der Waals surface area contributed by atoms with Gasteiger partial charge < -0.3 is 14.6 Å². The summed E-state index contributed by atoms with van der Waals surface area (Å²) in [5.74, 6) is 1.04. The highest BCUT2D eigenvalue weighted by atomic mass is 32.1. The van der Waals surface area contributed by atoms with E-state index in [1.807, 2.05) is 19.3 Å². The van der Waals surface area contributed by atoms with Crippen molar-refractivity contribution >= 4 is 44.2 Å². The minimum absolute atomic E-state index is 0.521. The average Bonchev–Trinajstić information content (AvgIpc) is 3.26. The molecule has 7 heteroatoms. The fourth-order valence-electron chi connectivity index (χ4n) is 2.87. The van der Waals surface area contributed by atoms with Gasteiger partial charge in [-0.1, -0.05) is 19.4 Å². The zero-order valence-corrected chi connectivity index (χ0v) is 15.7. The molecule has 0 atom stereocenters. The van der Waals surface area contributed by atoms with Crippen LogP contribution < -0.4 is 10.1 Å². The van der Waals surface area contributed by atoms with Gasteiger partial charge in [-0.15, -0.1) is 11.3 Å². The minimum Gasteiger partial charge on any atom is -0.476 e. The van der Waals surface area contributed by atoms with Crippen LogP contribution >= 0.6 is 11.3 Å². The fraction of sp³-hybridized carbons (Fsp3) is 0.316. The maximum absolute atomic E-state index is 5.71. The van der Waals surface area contributed by atoms with Gasteiger partial charge in [0.1, 0.15) is 0 Å². The third kappa shape index (κ3) is 3.22. The average molecular weight is 367 g/mol. The second-order valence-electron chi connectivity index (χ2n) is 6.05. The second-order valence-corrected chi connectivity index (χ2v) is 7.00. The van der Waals surface area contributed by atoms with Gasteiger partial charge in [0.2, 0.25) is 11.8 Å². The molecule has 134 valence electrons. The first kappa shape index (κ1) is 16.8. The molecule has 0 saturated carbocycles. The predicted octanol–water partition coefficient (Wildman–Crippen LogP) is 4.98. The van der Waals surface area contributed by atoms with Crippen LogP contribution in [0.4, 0.5) is 11.6 Å². The van der Waals surface area contributed by atoms with Crippen LogP contribution in [0.2, 0.25) is 0 Å². The molecule has 0 aliphatic rings. The van der Waals surface area contributed by atoms with E-state index in [-0.39, 0.29) is 0 Å². The highest BCUT2D eigenvalue weighted by molar-refractivity contribution is 7.17. The van der Waals surface area contributed by atoms with Crippen molar-refractivity contribution in [1.29, 1.82) is 0 Å². The van der Waals surface area contributed by atoms with Crippen LogP contribution in [-0.2, 0) is 6.54 Å². The van der Waals surface area contributed by atoms with Crippen LogP contribution in [0.3, 0.4) is 0 Å². The number of unbranched alkanes of at least 4 members (excludes halogenated alkanes) is 1. The lowest BCUT2D eigenvalue weighted by molar-refractivity contribution is 0.330. The van der Waals surface area contributed by atoms with Gasteiger partial charge in [-0.05, 0) is 42.3 Å². The molecule has 1 aromatic carbocycles. The second kappa shape index (κ2) is 7.29. The first-order chi connectivity index (χ1) is 12.8. The van der Waals surface area contributed by atoms with E-state index in [2.05, 4.69) is 50.4 Å². The summed E-state index contributed by atoms with van der Waals surface area (Å²) in [4.78, 5) is 13.7. The van der Waals surface area contributed by atoms with E-state index < -0.39 is 0 Å². The molecular weight excluding hydrogens is 346 g/mol. The monoisotopic (exact) mass is 367 g/mol. The Kier molecular flexibility index (Phi) is 4.71. The van der Waals surface area contributed by atoms with E-state index in [0.29, 0.717) is 24.0 Å². The van der Waals surface area contributed by atoms with E-state index in [1.165, 1.54) is 10.1 Å². The number of imidazole rings is 1. The molecule has 0 saturated heterocycles. The molecule has 0 bridgehead atoms. The molecular formula is C19H21N5OS. The number of benzene rings is 1. The molecule has 4 aromatic rings. The number of fused-ring (bicyclic) bond motifs is 2. The topological polar surface area (TPSA) is 64.9 Å². The number of ether oxygens (including phenoxy) is 1. The van der Waals surface area contributed by atoms with E-state index in [1.54, 1.807) is 11.3 Å². The molecule has 0 aliphatic heterocycles. The summed E-state index contributed by atoms with van der Waals surface area (Å²) in [6.07, 6.45) is 4.02. The molecule has 0 fully saturated rings. The van der Waals surface area contributed by atoms with Crippen LogP contribution in [0.1, 0.15) is 26.7 Å². The molecule has 26 heavy (non-hydrogen) atoms. The van der Waals surface area contributed by atoms with Gasteiger partial charge >= 0.3 is 0 Å². The minimum atomic E-state index is 0.521. The van der Waals surface area contributed by atoms with Crippen molar-refractivity contribution in [3.8, 4) is 5.88 Å². The Balaban J connectivity index is 1.72. The lowest BCUT2D eigenvalue weighted by Crippen LogP contribution is -2.04. The summed E-state index contributed by atoms with van der Waals surface area (Å²) in [5.41, 5.74) is 2.47. The van der Waals surface area contributed by atoms with Crippen molar-refractivity contribution in [3.63, 3.8) is 0 Å². The lowest BCUT2D eigenvalue weighted by atomic mass is 10.2. The Bertz CT molecular complexity index is 1040. The van der Waals surface area contributed by atoms with Crippen molar-refractivity contribution in [1.82, 2.24) is 19.5 Å². The van der Waals surface area contributed by atoms with Crippen molar-refractivity contribution in [2.75, 3.05) is 11.9 Å². The quantitative estimate of drug-likeness (QED) is 0.499. The Morgan fingerprint density at radius 1 is 1.19 bits per heavy atom. The van der Waals surface area contributed by atoms with Gasteiger partial charge in [0.15, 0.2) is 11.2 Å². The molecule has 1 N–H and O–H groups in total. The highest BCUT2D eigenvalue weighted by Gasteiger charge is 2.14. The third-order valence-electron chi connectivity index (χ3n) is 4.18. The maximum atomic E-state index is 5.71. The molecule has 0 radical (unpaired) electrons. The van der Waals surface area contributed by atoms with Crippen LogP contribution in [0.5, 0.6) is 5.88 Å². The number of thiophene rings is 1. The summed E-state index contributed by atoms with van der Waals surface area (Å²) in [6.45, 7) is 5.54. The van der Waals surface area contributed by atoms with Crippen molar-refractivity contribution < 1.29 is 4.74 Å². The molecule has 0 unspecified atom stereocenters. The van der Waals surface area contributed by atoms with Gasteiger partial charge in [0.05, 0.1) is 12.9 Å². The molecule has 3 heterocycles. The first-order valence-electron chi connectivity index (χ1n) is 8.88. The summed E-state index contributed by atoms with van der Waals surface area (Å²) in [6, 6.07) is 8.37. The van der Waals surface area contributed by atoms with Crippen molar-refractivity contribution in [3.05, 3.63) is 36.0 Å². The molecule has 6 nitrogen and oxygen atoms in total. The van der Waals surface area contributed by atoms with Crippen LogP contribution in [0, 0.1) is 0 Å². The summed E-state index contributed by atoms with van der Waals surface area (Å²) in [5, 5.41) is 6.65. The molecule has 4 rings (SSSR count). The van der Waals surface area contributed by atoms with Crippen LogP contribution in [-0.4, -0.2) is 26.1 Å².